The van der Waals surface area contributed by atoms with Crippen LogP contribution in [0, 0.1) is 0 Å². The van der Waals surface area contributed by atoms with E-state index >= 15 is 0 Å². The first kappa shape index (κ1) is 27.5. The molecule has 0 aliphatic heterocycles. The van der Waals surface area contributed by atoms with E-state index < -0.39 is 0 Å². The van der Waals surface area contributed by atoms with Gasteiger partial charge in [0.25, 0.3) is 0 Å². The summed E-state index contributed by atoms with van der Waals surface area (Å²) in [6.45, 7) is 0. The summed E-state index contributed by atoms with van der Waals surface area (Å²) >= 11 is 0. The van der Waals surface area contributed by atoms with E-state index in [-0.39, 0.29) is 0 Å². The van der Waals surface area contributed by atoms with Crippen LogP contribution in [0.15, 0.2) is 168 Å². The zero-order valence-corrected chi connectivity index (χ0v) is 26.3. The molecule has 0 aliphatic rings. The van der Waals surface area contributed by atoms with Crippen LogP contribution in [0.5, 0.6) is 0 Å². The lowest BCUT2D eigenvalue weighted by atomic mass is 9.92. The molecule has 2 aromatic heterocycles. The van der Waals surface area contributed by atoms with Gasteiger partial charge in [0.2, 0.25) is 0 Å². The summed E-state index contributed by atoms with van der Waals surface area (Å²) in [7, 11) is 0. The number of para-hydroxylation sites is 1. The molecule has 0 saturated heterocycles. The molecule has 2 heterocycles. The third-order valence-corrected chi connectivity index (χ3v) is 9.52. The third kappa shape index (κ3) is 4.42. The van der Waals surface area contributed by atoms with Crippen LogP contribution in [-0.2, 0) is 0 Å². The van der Waals surface area contributed by atoms with Gasteiger partial charge >= 0.3 is 0 Å². The lowest BCUT2D eigenvalue weighted by Crippen LogP contribution is -2.02. The van der Waals surface area contributed by atoms with Crippen LogP contribution in [0.3, 0.4) is 0 Å². The molecule has 4 heteroatoms. The first-order chi connectivity index (χ1) is 24.3. The number of nitrogens with zero attached hydrogens (tertiary/aromatic N) is 3. The van der Waals surface area contributed by atoms with Crippen LogP contribution in [-0.4, -0.2) is 15.0 Å². The molecule has 0 saturated carbocycles. The Morgan fingerprint density at radius 1 is 0.347 bits per heavy atom. The van der Waals surface area contributed by atoms with Gasteiger partial charge in [-0.3, -0.25) is 0 Å². The van der Waals surface area contributed by atoms with Crippen LogP contribution >= 0.6 is 0 Å². The number of aromatic nitrogens is 3. The SMILES string of the molecule is c1ccc(-c2nc(-c3ccccc3-c3cccc4oc5ccccc5c34)nc(-c3c4ccccc4cc4c3ccc3ccccc34)n2)cc1. The van der Waals surface area contributed by atoms with Gasteiger partial charge in [-0.25, -0.2) is 15.0 Å². The number of benzene rings is 8. The summed E-state index contributed by atoms with van der Waals surface area (Å²) in [5.41, 5.74) is 6.68. The molecule has 0 bridgehead atoms. The maximum atomic E-state index is 6.29. The molecule has 0 fully saturated rings. The zero-order valence-electron chi connectivity index (χ0n) is 26.3. The van der Waals surface area contributed by atoms with Gasteiger partial charge in [-0.2, -0.15) is 0 Å². The molecular weight excluding hydrogens is 599 g/mol. The standard InChI is InChI=1S/C45H27N3O/c1-2-14-29(15-3-1)43-46-44(36-20-9-8-19-33(36)34-22-12-24-40-41(34)37-21-10-11-23-39(37)49-40)48-45(47-43)42-32-18-7-5-16-30(32)27-38-31-17-6-4-13-28(31)25-26-35(38)42/h1-27H. The van der Waals surface area contributed by atoms with E-state index in [9.17, 15) is 0 Å². The van der Waals surface area contributed by atoms with Gasteiger partial charge in [0, 0.05) is 27.5 Å². The highest BCUT2D eigenvalue weighted by atomic mass is 16.3. The van der Waals surface area contributed by atoms with Crippen molar-refractivity contribution in [3.63, 3.8) is 0 Å². The van der Waals surface area contributed by atoms with Crippen molar-refractivity contribution in [1.29, 1.82) is 0 Å². The molecule has 0 aliphatic carbocycles. The predicted molar refractivity (Wildman–Crippen MR) is 201 cm³/mol. The van der Waals surface area contributed by atoms with Crippen molar-refractivity contribution in [2.45, 2.75) is 0 Å². The quantitative estimate of drug-likeness (QED) is 0.144. The van der Waals surface area contributed by atoms with Crippen molar-refractivity contribution < 1.29 is 4.42 Å². The molecule has 0 N–H and O–H groups in total. The molecular formula is C45H27N3O. The van der Waals surface area contributed by atoms with E-state index in [0.29, 0.717) is 17.5 Å². The van der Waals surface area contributed by atoms with Crippen molar-refractivity contribution in [2.75, 3.05) is 0 Å². The Kier molecular flexibility index (Phi) is 6.15. The van der Waals surface area contributed by atoms with Crippen molar-refractivity contribution >= 4 is 54.3 Å². The van der Waals surface area contributed by atoms with E-state index in [1.54, 1.807) is 0 Å². The van der Waals surface area contributed by atoms with Gasteiger partial charge in [-0.1, -0.05) is 146 Å². The molecule has 0 amide bonds. The van der Waals surface area contributed by atoms with E-state index in [2.05, 4.69) is 127 Å². The van der Waals surface area contributed by atoms with Gasteiger partial charge in [0.1, 0.15) is 11.2 Å². The molecule has 0 radical (unpaired) electrons. The van der Waals surface area contributed by atoms with Crippen molar-refractivity contribution in [2.24, 2.45) is 0 Å². The fourth-order valence-electron chi connectivity index (χ4n) is 7.30. The second-order valence-electron chi connectivity index (χ2n) is 12.3. The molecule has 8 aromatic carbocycles. The van der Waals surface area contributed by atoms with E-state index in [1.807, 2.05) is 36.4 Å². The summed E-state index contributed by atoms with van der Waals surface area (Å²) in [6, 6.07) is 56.8. The molecule has 0 spiro atoms. The molecule has 0 atom stereocenters. The Morgan fingerprint density at radius 2 is 0.980 bits per heavy atom. The summed E-state index contributed by atoms with van der Waals surface area (Å²) in [5, 5.41) is 9.09. The van der Waals surface area contributed by atoms with Crippen LogP contribution in [0.4, 0.5) is 0 Å². The topological polar surface area (TPSA) is 51.8 Å². The lowest BCUT2D eigenvalue weighted by molar-refractivity contribution is 0.669. The highest BCUT2D eigenvalue weighted by Crippen LogP contribution is 2.42. The van der Waals surface area contributed by atoms with Gasteiger partial charge < -0.3 is 4.42 Å². The maximum Gasteiger partial charge on any atom is 0.165 e. The van der Waals surface area contributed by atoms with E-state index in [0.717, 1.165) is 65.9 Å². The normalized spacial score (nSPS) is 11.7. The molecule has 10 aromatic rings. The molecule has 0 unspecified atom stereocenters. The first-order valence-electron chi connectivity index (χ1n) is 16.5. The van der Waals surface area contributed by atoms with E-state index in [1.165, 1.54) is 16.2 Å². The van der Waals surface area contributed by atoms with Gasteiger partial charge in [0.15, 0.2) is 17.5 Å². The minimum atomic E-state index is 0.617. The minimum absolute atomic E-state index is 0.617. The number of rotatable bonds is 4. The van der Waals surface area contributed by atoms with Gasteiger partial charge in [-0.15, -0.1) is 0 Å². The smallest absolute Gasteiger partial charge is 0.165 e. The Bertz CT molecular complexity index is 2890. The Labute approximate surface area is 282 Å². The van der Waals surface area contributed by atoms with Crippen LogP contribution < -0.4 is 0 Å². The number of hydrogen-bond donors (Lipinski definition) is 0. The Hall–Kier alpha value is -6.65. The number of furan rings is 1. The lowest BCUT2D eigenvalue weighted by Gasteiger charge is -2.15. The van der Waals surface area contributed by atoms with Gasteiger partial charge in [0.05, 0.1) is 0 Å². The van der Waals surface area contributed by atoms with Crippen LogP contribution in [0.25, 0.3) is 99.5 Å². The molecule has 49 heavy (non-hydrogen) atoms. The number of fused-ring (bicyclic) bond motifs is 7. The minimum Gasteiger partial charge on any atom is -0.456 e. The highest BCUT2D eigenvalue weighted by molar-refractivity contribution is 6.19. The second-order valence-corrected chi connectivity index (χ2v) is 12.3. The van der Waals surface area contributed by atoms with Crippen molar-refractivity contribution in [1.82, 2.24) is 15.0 Å². The van der Waals surface area contributed by atoms with Crippen molar-refractivity contribution in [3.8, 4) is 45.3 Å². The number of hydrogen-bond acceptors (Lipinski definition) is 4. The largest absolute Gasteiger partial charge is 0.456 e. The van der Waals surface area contributed by atoms with Crippen LogP contribution in [0.1, 0.15) is 0 Å². The summed E-state index contributed by atoms with van der Waals surface area (Å²) in [6.07, 6.45) is 0. The third-order valence-electron chi connectivity index (χ3n) is 9.52. The zero-order chi connectivity index (χ0) is 32.3. The second kappa shape index (κ2) is 11.0. The Morgan fingerprint density at radius 3 is 1.86 bits per heavy atom. The molecule has 228 valence electrons. The fraction of sp³-hybridized carbons (Fsp3) is 0. The average molecular weight is 626 g/mol. The summed E-state index contributed by atoms with van der Waals surface area (Å²) in [4.78, 5) is 15.8. The average Bonchev–Trinajstić information content (AvgIpc) is 3.56. The Balaban J connectivity index is 1.29. The predicted octanol–water partition coefficient (Wildman–Crippen LogP) is 11.9. The van der Waals surface area contributed by atoms with E-state index in [4.69, 9.17) is 19.4 Å². The van der Waals surface area contributed by atoms with Crippen LogP contribution in [0.2, 0.25) is 0 Å². The summed E-state index contributed by atoms with van der Waals surface area (Å²) < 4.78 is 6.29. The molecule has 10 rings (SSSR count). The monoisotopic (exact) mass is 625 g/mol. The van der Waals surface area contributed by atoms with Gasteiger partial charge in [-0.05, 0) is 61.6 Å². The summed E-state index contributed by atoms with van der Waals surface area (Å²) in [5.74, 6) is 1.89. The molecule has 4 nitrogen and oxygen atoms in total. The maximum absolute atomic E-state index is 6.29. The highest BCUT2D eigenvalue weighted by Gasteiger charge is 2.21. The first-order valence-corrected chi connectivity index (χ1v) is 16.5. The van der Waals surface area contributed by atoms with Crippen molar-refractivity contribution in [3.05, 3.63) is 164 Å². The fourth-order valence-corrected chi connectivity index (χ4v) is 7.30.